The van der Waals surface area contributed by atoms with E-state index in [9.17, 15) is 19.5 Å². The van der Waals surface area contributed by atoms with Gasteiger partial charge in [-0.25, -0.2) is 0 Å². The van der Waals surface area contributed by atoms with Gasteiger partial charge in [-0.2, -0.15) is 0 Å². The molecule has 0 radical (unpaired) electrons. The summed E-state index contributed by atoms with van der Waals surface area (Å²) in [6, 6.07) is 0. The van der Waals surface area contributed by atoms with E-state index in [1.165, 1.54) is 25.7 Å². The second kappa shape index (κ2) is 22.8. The molecule has 8 unspecified atom stereocenters. The number of allylic oxidation sites excluding steroid dienone is 2. The molecule has 0 amide bonds. The van der Waals surface area contributed by atoms with E-state index in [2.05, 4.69) is 67.4 Å². The van der Waals surface area contributed by atoms with Crippen LogP contribution in [0.5, 0.6) is 0 Å². The minimum atomic E-state index is -0.813. The molecule has 2 aliphatic rings. The third kappa shape index (κ3) is 12.7. The van der Waals surface area contributed by atoms with Gasteiger partial charge in [-0.15, -0.1) is 6.42 Å². The quantitative estimate of drug-likeness (QED) is 0.0642. The highest BCUT2D eigenvalue weighted by molar-refractivity contribution is 5.66. The van der Waals surface area contributed by atoms with E-state index in [1.807, 2.05) is 0 Å². The highest BCUT2D eigenvalue weighted by Gasteiger charge is 2.53. The summed E-state index contributed by atoms with van der Waals surface area (Å²) in [6.07, 6.45) is 23.2. The van der Waals surface area contributed by atoms with Gasteiger partial charge in [-0.1, -0.05) is 83.3 Å². The lowest BCUT2D eigenvalue weighted by molar-refractivity contribution is -0.139. The number of ether oxygens (including phenoxy) is 2. The van der Waals surface area contributed by atoms with Crippen molar-refractivity contribution >= 4 is 18.9 Å². The Labute approximate surface area is 271 Å². The summed E-state index contributed by atoms with van der Waals surface area (Å²) in [6.45, 7) is 6.07. The van der Waals surface area contributed by atoms with E-state index in [1.54, 1.807) is 0 Å². The summed E-state index contributed by atoms with van der Waals surface area (Å²) in [7, 11) is 0. The molecule has 0 aromatic heterocycles. The highest BCUT2D eigenvalue weighted by atomic mass is 16.5. The van der Waals surface area contributed by atoms with Crippen LogP contribution in [0, 0.1) is 95.2 Å². The van der Waals surface area contributed by atoms with Crippen molar-refractivity contribution in [3.05, 3.63) is 12.2 Å². The van der Waals surface area contributed by atoms with Crippen LogP contribution in [-0.2, 0) is 23.9 Å². The maximum absolute atomic E-state index is 12.0. The van der Waals surface area contributed by atoms with Gasteiger partial charge >= 0.3 is 5.97 Å². The Kier molecular flexibility index (Phi) is 19.1. The highest BCUT2D eigenvalue weighted by Crippen LogP contribution is 2.58. The topological polar surface area (TPSA) is 89.9 Å². The van der Waals surface area contributed by atoms with E-state index in [-0.39, 0.29) is 48.5 Å². The lowest BCUT2D eigenvalue weighted by Crippen LogP contribution is -2.52. The molecule has 1 N–H and O–H groups in total. The molecule has 0 aromatic carbocycles. The Morgan fingerprint density at radius 2 is 1.29 bits per heavy atom. The third-order valence-corrected chi connectivity index (χ3v) is 9.81. The molecule has 0 aromatic rings. The summed E-state index contributed by atoms with van der Waals surface area (Å²) >= 11 is 0. The molecule has 1 saturated carbocycles. The Bertz CT molecular complexity index is 1160. The first-order chi connectivity index (χ1) is 22.0. The predicted molar refractivity (Wildman–Crippen MR) is 177 cm³/mol. The van der Waals surface area contributed by atoms with E-state index in [0.717, 1.165) is 44.9 Å². The van der Waals surface area contributed by atoms with Crippen LogP contribution in [0.3, 0.4) is 0 Å². The van der Waals surface area contributed by atoms with Crippen LogP contribution in [0.4, 0.5) is 0 Å². The Morgan fingerprint density at radius 3 is 1.91 bits per heavy atom. The summed E-state index contributed by atoms with van der Waals surface area (Å²) in [5.41, 5.74) is 0. The van der Waals surface area contributed by atoms with Crippen LogP contribution in [0.1, 0.15) is 104 Å². The molecule has 1 fully saturated rings. The fraction of sp³-hybridized carbons (Fsp3) is 0.667. The number of carboxylic acid groups (broad SMARTS) is 1. The van der Waals surface area contributed by atoms with Crippen LogP contribution in [-0.4, -0.2) is 37.2 Å². The Morgan fingerprint density at radius 1 is 0.711 bits per heavy atom. The molecular formula is C39H52O6. The molecular weight excluding hydrogens is 564 g/mol. The van der Waals surface area contributed by atoms with Crippen LogP contribution in [0.15, 0.2) is 12.2 Å². The van der Waals surface area contributed by atoms with Gasteiger partial charge in [-0.05, 0) is 109 Å². The number of carbonyl (C=O) groups is 3. The monoisotopic (exact) mass is 616 g/mol. The number of aliphatic carboxylic acids is 1. The predicted octanol–water partition coefficient (Wildman–Crippen LogP) is 7.07. The SMILES string of the molecule is C#CC#CC#CC#CC1C(CCOC=O)C(CCCCCC)C2C(CCOC=O)C=CC(CCCCCC)C2C1CCC(=O)O. The average Bonchev–Trinajstić information content (AvgIpc) is 3.03. The average molecular weight is 617 g/mol. The number of rotatable bonds is 21. The minimum Gasteiger partial charge on any atom is -0.481 e. The molecule has 2 aliphatic carbocycles. The molecule has 244 valence electrons. The number of terminal acetylenes is 1. The second-order valence-corrected chi connectivity index (χ2v) is 12.4. The Balaban J connectivity index is 2.70. The third-order valence-electron chi connectivity index (χ3n) is 9.81. The van der Waals surface area contributed by atoms with Gasteiger partial charge < -0.3 is 14.6 Å². The molecule has 0 heterocycles. The summed E-state index contributed by atoms with van der Waals surface area (Å²) in [5, 5.41) is 9.83. The van der Waals surface area contributed by atoms with Crippen LogP contribution < -0.4 is 0 Å². The van der Waals surface area contributed by atoms with Gasteiger partial charge in [0.2, 0.25) is 0 Å². The second-order valence-electron chi connectivity index (χ2n) is 12.4. The molecule has 0 saturated heterocycles. The van der Waals surface area contributed by atoms with Crippen molar-refractivity contribution in [2.75, 3.05) is 13.2 Å². The molecule has 0 bridgehead atoms. The normalized spacial score (nSPS) is 26.2. The van der Waals surface area contributed by atoms with Gasteiger partial charge in [0.1, 0.15) is 0 Å². The van der Waals surface area contributed by atoms with Crippen molar-refractivity contribution < 1.29 is 29.0 Å². The van der Waals surface area contributed by atoms with E-state index in [0.29, 0.717) is 44.2 Å². The number of fused-ring (bicyclic) bond motifs is 1. The number of carbonyl (C=O) groups excluding carboxylic acids is 2. The molecule has 0 aliphatic heterocycles. The molecule has 0 spiro atoms. The van der Waals surface area contributed by atoms with E-state index >= 15 is 0 Å². The molecule has 45 heavy (non-hydrogen) atoms. The first-order valence-electron chi connectivity index (χ1n) is 17.0. The lowest BCUT2D eigenvalue weighted by atomic mass is 9.47. The van der Waals surface area contributed by atoms with E-state index in [4.69, 9.17) is 15.9 Å². The van der Waals surface area contributed by atoms with Gasteiger partial charge in [-0.3, -0.25) is 14.4 Å². The standard InChI is InChI=1S/C39H52O6/c1-4-7-10-13-14-17-19-33-34(26-28-45-30-41)35(20-16-12-9-6-3)39-32(25-27-44-29-40)22-21-31(18-15-11-8-5-2)38(39)36(33)23-24-37(42)43/h1,21-22,29-36,38-39H,5-6,8-9,11-12,15-16,18,20,23-28H2,2-3H3,(H,42,43). The summed E-state index contributed by atoms with van der Waals surface area (Å²) in [5.74, 6) is 20.0. The zero-order valence-corrected chi connectivity index (χ0v) is 27.3. The molecule has 6 nitrogen and oxygen atoms in total. The smallest absolute Gasteiger partial charge is 0.303 e. The molecule has 6 heteroatoms. The van der Waals surface area contributed by atoms with Gasteiger partial charge in [0, 0.05) is 12.3 Å². The van der Waals surface area contributed by atoms with Crippen LogP contribution >= 0.6 is 0 Å². The largest absolute Gasteiger partial charge is 0.481 e. The van der Waals surface area contributed by atoms with Gasteiger partial charge in [0.25, 0.3) is 12.9 Å². The van der Waals surface area contributed by atoms with Gasteiger partial charge in [0.05, 0.1) is 13.2 Å². The maximum Gasteiger partial charge on any atom is 0.303 e. The molecule has 2 rings (SSSR count). The fourth-order valence-corrected chi connectivity index (χ4v) is 8.05. The minimum absolute atomic E-state index is 0.0286. The summed E-state index contributed by atoms with van der Waals surface area (Å²) in [4.78, 5) is 34.2. The fourth-order valence-electron chi connectivity index (χ4n) is 8.05. The maximum atomic E-state index is 12.0. The van der Waals surface area contributed by atoms with Crippen LogP contribution in [0.25, 0.3) is 0 Å². The number of unbranched alkanes of at least 4 members (excludes halogenated alkanes) is 6. The van der Waals surface area contributed by atoms with Crippen molar-refractivity contribution in [1.82, 2.24) is 0 Å². The summed E-state index contributed by atoms with van der Waals surface area (Å²) < 4.78 is 10.5. The van der Waals surface area contributed by atoms with Crippen LogP contribution in [0.2, 0.25) is 0 Å². The number of hydrogen-bond donors (Lipinski definition) is 1. The van der Waals surface area contributed by atoms with Crippen molar-refractivity contribution in [1.29, 1.82) is 0 Å². The van der Waals surface area contributed by atoms with E-state index < -0.39 is 5.97 Å². The van der Waals surface area contributed by atoms with Crippen molar-refractivity contribution in [2.45, 2.75) is 104 Å². The zero-order chi connectivity index (χ0) is 32.7. The Hall–Kier alpha value is -3.61. The molecule has 8 atom stereocenters. The zero-order valence-electron chi connectivity index (χ0n) is 27.3. The number of hydrogen-bond acceptors (Lipinski definition) is 5. The van der Waals surface area contributed by atoms with Crippen molar-refractivity contribution in [3.63, 3.8) is 0 Å². The van der Waals surface area contributed by atoms with Crippen molar-refractivity contribution in [3.8, 4) is 47.9 Å². The first-order valence-corrected chi connectivity index (χ1v) is 17.0. The number of carboxylic acids is 1. The van der Waals surface area contributed by atoms with Crippen molar-refractivity contribution in [2.24, 2.45) is 47.3 Å². The lowest BCUT2D eigenvalue weighted by Gasteiger charge is -2.56. The first kappa shape index (κ1) is 37.6. The van der Waals surface area contributed by atoms with Gasteiger partial charge in [0.15, 0.2) is 0 Å².